The van der Waals surface area contributed by atoms with E-state index in [1.54, 1.807) is 32.4 Å². The van der Waals surface area contributed by atoms with Crippen LogP contribution in [0.5, 0.6) is 0 Å². The number of nitrogens with zero attached hydrogens (tertiary/aromatic N) is 3. The van der Waals surface area contributed by atoms with E-state index in [1.807, 2.05) is 30.3 Å². The molecule has 0 fully saturated rings. The molecule has 0 aliphatic carbocycles. The van der Waals surface area contributed by atoms with Crippen LogP contribution >= 0.6 is 0 Å². The van der Waals surface area contributed by atoms with Crippen LogP contribution in [0, 0.1) is 11.8 Å². The number of hydrogen-bond donors (Lipinski definition) is 2. The van der Waals surface area contributed by atoms with Gasteiger partial charge in [-0.2, -0.15) is 0 Å². The minimum absolute atomic E-state index is 0.167. The number of anilines is 1. The van der Waals surface area contributed by atoms with Gasteiger partial charge in [0.2, 0.25) is 5.91 Å². The monoisotopic (exact) mass is 407 g/mol. The van der Waals surface area contributed by atoms with Gasteiger partial charge in [0, 0.05) is 29.1 Å². The van der Waals surface area contributed by atoms with Crippen LogP contribution in [0.3, 0.4) is 0 Å². The Balaban J connectivity index is 1.73. The van der Waals surface area contributed by atoms with Crippen LogP contribution in [0.15, 0.2) is 73.3 Å². The summed E-state index contributed by atoms with van der Waals surface area (Å²) in [5.74, 6) is 6.64. The number of nitrogens with one attached hydrogen (secondary N) is 2. The Morgan fingerprint density at radius 2 is 1.74 bits per heavy atom. The summed E-state index contributed by atoms with van der Waals surface area (Å²) in [7, 11) is 1.73. The Hall–Kier alpha value is -4.08. The summed E-state index contributed by atoms with van der Waals surface area (Å²) < 4.78 is 0. The van der Waals surface area contributed by atoms with E-state index in [-0.39, 0.29) is 11.9 Å². The molecule has 4 aromatic rings. The standard InChI is InChI=1S/C25H21N5O/c1-17(26-2)25(31)30-24-12-10-22(21-14-27-16-28-15-21)23(29-24)11-8-18-7-9-19-5-3-4-6-20(19)13-18/h3-7,9-10,12-17,26H,1-2H3,(H,29,30,31). The first kappa shape index (κ1) is 20.2. The van der Waals surface area contributed by atoms with Gasteiger partial charge < -0.3 is 10.6 Å². The van der Waals surface area contributed by atoms with Gasteiger partial charge in [-0.15, -0.1) is 0 Å². The number of pyridine rings is 1. The predicted molar refractivity (Wildman–Crippen MR) is 122 cm³/mol. The van der Waals surface area contributed by atoms with Crippen molar-refractivity contribution >= 4 is 22.5 Å². The number of fused-ring (bicyclic) bond motifs is 1. The molecule has 0 bridgehead atoms. The molecule has 0 saturated heterocycles. The number of hydrogen-bond acceptors (Lipinski definition) is 5. The number of likely N-dealkylation sites (N-methyl/N-ethyl adjacent to an activating group) is 1. The van der Waals surface area contributed by atoms with E-state index in [0.717, 1.165) is 27.5 Å². The highest BCUT2D eigenvalue weighted by atomic mass is 16.2. The van der Waals surface area contributed by atoms with Crippen molar-refractivity contribution in [2.45, 2.75) is 13.0 Å². The molecule has 152 valence electrons. The molecule has 31 heavy (non-hydrogen) atoms. The van der Waals surface area contributed by atoms with Crippen molar-refractivity contribution in [2.24, 2.45) is 0 Å². The lowest BCUT2D eigenvalue weighted by atomic mass is 10.1. The maximum absolute atomic E-state index is 12.2. The van der Waals surface area contributed by atoms with Crippen LogP contribution in [-0.4, -0.2) is 33.9 Å². The van der Waals surface area contributed by atoms with Crippen molar-refractivity contribution in [1.82, 2.24) is 20.3 Å². The van der Waals surface area contributed by atoms with E-state index < -0.39 is 0 Å². The summed E-state index contributed by atoms with van der Waals surface area (Å²) in [6.45, 7) is 1.78. The number of benzene rings is 2. The van der Waals surface area contributed by atoms with Gasteiger partial charge in [-0.1, -0.05) is 36.3 Å². The molecular weight excluding hydrogens is 386 g/mol. The molecule has 1 atom stereocenters. The normalized spacial score (nSPS) is 11.4. The first-order chi connectivity index (χ1) is 15.1. The second kappa shape index (κ2) is 9.16. The Bertz CT molecular complexity index is 1290. The second-order valence-electron chi connectivity index (χ2n) is 7.03. The van der Waals surface area contributed by atoms with E-state index in [9.17, 15) is 4.79 Å². The third kappa shape index (κ3) is 4.74. The molecular formula is C25H21N5O. The lowest BCUT2D eigenvalue weighted by Gasteiger charge is -2.12. The second-order valence-corrected chi connectivity index (χ2v) is 7.03. The quantitative estimate of drug-likeness (QED) is 0.505. The van der Waals surface area contributed by atoms with Gasteiger partial charge in [0.05, 0.1) is 6.04 Å². The lowest BCUT2D eigenvalue weighted by Crippen LogP contribution is -2.35. The number of carbonyl (C=O) groups is 1. The minimum atomic E-state index is -0.337. The van der Waals surface area contributed by atoms with E-state index >= 15 is 0 Å². The van der Waals surface area contributed by atoms with Crippen molar-refractivity contribution in [3.63, 3.8) is 0 Å². The summed E-state index contributed by atoms with van der Waals surface area (Å²) in [5.41, 5.74) is 3.03. The minimum Gasteiger partial charge on any atom is -0.309 e. The van der Waals surface area contributed by atoms with Crippen LogP contribution in [0.1, 0.15) is 18.2 Å². The largest absolute Gasteiger partial charge is 0.309 e. The molecule has 6 heteroatoms. The molecule has 0 spiro atoms. The molecule has 0 radical (unpaired) electrons. The highest BCUT2D eigenvalue weighted by Gasteiger charge is 2.13. The molecule has 0 aliphatic heterocycles. The van der Waals surface area contributed by atoms with Crippen molar-refractivity contribution in [1.29, 1.82) is 0 Å². The highest BCUT2D eigenvalue weighted by Crippen LogP contribution is 2.23. The molecule has 4 rings (SSSR count). The zero-order chi connectivity index (χ0) is 21.6. The number of rotatable bonds is 4. The number of amides is 1. The molecule has 2 aromatic carbocycles. The molecule has 2 aromatic heterocycles. The molecule has 0 aliphatic rings. The van der Waals surface area contributed by atoms with E-state index in [0.29, 0.717) is 11.5 Å². The Labute approximate surface area is 180 Å². The van der Waals surface area contributed by atoms with Crippen LogP contribution in [0.4, 0.5) is 5.82 Å². The first-order valence-electron chi connectivity index (χ1n) is 9.89. The first-order valence-corrected chi connectivity index (χ1v) is 9.89. The third-order valence-electron chi connectivity index (χ3n) is 4.92. The fourth-order valence-corrected chi connectivity index (χ4v) is 3.06. The van der Waals surface area contributed by atoms with Crippen LogP contribution < -0.4 is 10.6 Å². The summed E-state index contributed by atoms with van der Waals surface area (Å²) in [6.07, 6.45) is 4.91. The molecule has 2 N–H and O–H groups in total. The fourth-order valence-electron chi connectivity index (χ4n) is 3.06. The van der Waals surface area contributed by atoms with Crippen molar-refractivity contribution in [3.05, 3.63) is 84.6 Å². The summed E-state index contributed by atoms with van der Waals surface area (Å²) in [4.78, 5) is 25.0. The molecule has 6 nitrogen and oxygen atoms in total. The van der Waals surface area contributed by atoms with Gasteiger partial charge in [0.15, 0.2) is 0 Å². The lowest BCUT2D eigenvalue weighted by molar-refractivity contribution is -0.117. The SMILES string of the molecule is CNC(C)C(=O)Nc1ccc(-c2cncnc2)c(C#Cc2ccc3ccccc3c2)n1. The van der Waals surface area contributed by atoms with Gasteiger partial charge in [-0.25, -0.2) is 15.0 Å². The highest BCUT2D eigenvalue weighted by molar-refractivity contribution is 5.94. The van der Waals surface area contributed by atoms with E-state index in [4.69, 9.17) is 0 Å². The van der Waals surface area contributed by atoms with Gasteiger partial charge in [0.1, 0.15) is 17.8 Å². The maximum atomic E-state index is 12.2. The van der Waals surface area contributed by atoms with Crippen LogP contribution in [-0.2, 0) is 4.79 Å². The summed E-state index contributed by atoms with van der Waals surface area (Å²) >= 11 is 0. The van der Waals surface area contributed by atoms with Gasteiger partial charge in [-0.05, 0) is 54.9 Å². The van der Waals surface area contributed by atoms with Crippen molar-refractivity contribution < 1.29 is 4.79 Å². The maximum Gasteiger partial charge on any atom is 0.242 e. The average Bonchev–Trinajstić information content (AvgIpc) is 2.82. The Morgan fingerprint density at radius 3 is 2.52 bits per heavy atom. The van der Waals surface area contributed by atoms with Crippen LogP contribution in [0.2, 0.25) is 0 Å². The topological polar surface area (TPSA) is 79.8 Å². The van der Waals surface area contributed by atoms with Gasteiger partial charge in [0.25, 0.3) is 0 Å². The number of carbonyl (C=O) groups excluding carboxylic acids is 1. The molecule has 2 heterocycles. The van der Waals surface area contributed by atoms with Gasteiger partial charge >= 0.3 is 0 Å². The smallest absolute Gasteiger partial charge is 0.242 e. The molecule has 0 saturated carbocycles. The van der Waals surface area contributed by atoms with Crippen LogP contribution in [0.25, 0.3) is 21.9 Å². The van der Waals surface area contributed by atoms with Gasteiger partial charge in [-0.3, -0.25) is 4.79 Å². The summed E-state index contributed by atoms with van der Waals surface area (Å²) in [5, 5.41) is 8.03. The Kier molecular flexibility index (Phi) is 5.97. The summed E-state index contributed by atoms with van der Waals surface area (Å²) in [6, 6.07) is 17.5. The van der Waals surface area contributed by atoms with Crippen molar-refractivity contribution in [3.8, 4) is 23.0 Å². The Morgan fingerprint density at radius 1 is 0.968 bits per heavy atom. The average molecular weight is 407 g/mol. The zero-order valence-corrected chi connectivity index (χ0v) is 17.3. The molecule has 1 unspecified atom stereocenters. The zero-order valence-electron chi connectivity index (χ0n) is 17.3. The number of aromatic nitrogens is 3. The fraction of sp³-hybridized carbons (Fsp3) is 0.120. The predicted octanol–water partition coefficient (Wildman–Crippen LogP) is 3.64. The van der Waals surface area contributed by atoms with E-state index in [1.165, 1.54) is 6.33 Å². The third-order valence-corrected chi connectivity index (χ3v) is 4.92. The van der Waals surface area contributed by atoms with Crippen molar-refractivity contribution in [2.75, 3.05) is 12.4 Å². The van der Waals surface area contributed by atoms with E-state index in [2.05, 4.69) is 55.6 Å². The molecule has 1 amide bonds.